The standard InChI is InChI=1S/C17H20ClNO3/c1-11-7-15(12(2)22-11)17(3,21)10-19-16(20)9-13-5-4-6-14(18)8-13/h4-8,21H,9-10H2,1-3H3,(H,19,20). The fraction of sp³-hybridized carbons (Fsp3) is 0.353. The number of carbonyl (C=O) groups is 1. The molecule has 0 aliphatic heterocycles. The fourth-order valence-corrected chi connectivity index (χ4v) is 2.64. The number of carbonyl (C=O) groups excluding carboxylic acids is 1. The number of hydrogen-bond donors (Lipinski definition) is 2. The van der Waals surface area contributed by atoms with Crippen LogP contribution in [0.1, 0.15) is 29.6 Å². The molecule has 0 bridgehead atoms. The van der Waals surface area contributed by atoms with Crippen molar-refractivity contribution in [3.05, 3.63) is 58.0 Å². The van der Waals surface area contributed by atoms with Crippen molar-refractivity contribution in [2.45, 2.75) is 32.8 Å². The van der Waals surface area contributed by atoms with Crippen LogP contribution >= 0.6 is 11.6 Å². The molecule has 1 aromatic heterocycles. The fourth-order valence-electron chi connectivity index (χ4n) is 2.43. The Balaban J connectivity index is 1.96. The zero-order chi connectivity index (χ0) is 16.3. The van der Waals surface area contributed by atoms with E-state index in [2.05, 4.69) is 5.32 Å². The number of rotatable bonds is 5. The first-order valence-electron chi connectivity index (χ1n) is 7.09. The maximum absolute atomic E-state index is 12.0. The zero-order valence-electron chi connectivity index (χ0n) is 12.9. The van der Waals surface area contributed by atoms with Gasteiger partial charge in [-0.05, 0) is 44.5 Å². The van der Waals surface area contributed by atoms with Crippen LogP contribution in [-0.4, -0.2) is 17.6 Å². The van der Waals surface area contributed by atoms with E-state index in [9.17, 15) is 9.90 Å². The Morgan fingerprint density at radius 1 is 1.36 bits per heavy atom. The average Bonchev–Trinajstić information content (AvgIpc) is 2.76. The van der Waals surface area contributed by atoms with Gasteiger partial charge in [0, 0.05) is 10.6 Å². The van der Waals surface area contributed by atoms with Crippen molar-refractivity contribution in [2.75, 3.05) is 6.54 Å². The van der Waals surface area contributed by atoms with Gasteiger partial charge in [0.05, 0.1) is 13.0 Å². The maximum Gasteiger partial charge on any atom is 0.224 e. The highest BCUT2D eigenvalue weighted by molar-refractivity contribution is 6.30. The summed E-state index contributed by atoms with van der Waals surface area (Å²) in [6.45, 7) is 5.39. The van der Waals surface area contributed by atoms with Gasteiger partial charge in [0.2, 0.25) is 5.91 Å². The third-order valence-corrected chi connectivity index (χ3v) is 3.74. The summed E-state index contributed by atoms with van der Waals surface area (Å²) in [5, 5.41) is 13.9. The number of nitrogens with one attached hydrogen (secondary N) is 1. The van der Waals surface area contributed by atoms with Crippen LogP contribution in [0.2, 0.25) is 5.02 Å². The van der Waals surface area contributed by atoms with Gasteiger partial charge in [-0.3, -0.25) is 4.79 Å². The van der Waals surface area contributed by atoms with Crippen LogP contribution in [0.5, 0.6) is 0 Å². The van der Waals surface area contributed by atoms with Crippen molar-refractivity contribution in [1.29, 1.82) is 0 Å². The second-order valence-corrected chi connectivity index (χ2v) is 6.12. The van der Waals surface area contributed by atoms with E-state index in [0.717, 1.165) is 11.3 Å². The van der Waals surface area contributed by atoms with E-state index in [1.54, 1.807) is 38.1 Å². The molecule has 2 N–H and O–H groups in total. The van der Waals surface area contributed by atoms with Gasteiger partial charge in [0.15, 0.2) is 0 Å². The minimum absolute atomic E-state index is 0.117. The van der Waals surface area contributed by atoms with Gasteiger partial charge >= 0.3 is 0 Å². The molecule has 1 amide bonds. The lowest BCUT2D eigenvalue weighted by Crippen LogP contribution is -2.39. The summed E-state index contributed by atoms with van der Waals surface area (Å²) in [7, 11) is 0. The van der Waals surface area contributed by atoms with Gasteiger partial charge in [-0.15, -0.1) is 0 Å². The predicted octanol–water partition coefficient (Wildman–Crippen LogP) is 3.12. The molecular weight excluding hydrogens is 302 g/mol. The van der Waals surface area contributed by atoms with E-state index in [4.69, 9.17) is 16.0 Å². The zero-order valence-corrected chi connectivity index (χ0v) is 13.7. The number of halogens is 1. The summed E-state index contributed by atoms with van der Waals surface area (Å²) < 4.78 is 5.43. The maximum atomic E-state index is 12.0. The van der Waals surface area contributed by atoms with E-state index in [0.29, 0.717) is 16.3 Å². The van der Waals surface area contributed by atoms with Crippen LogP contribution < -0.4 is 5.32 Å². The summed E-state index contributed by atoms with van der Waals surface area (Å²) in [4.78, 5) is 12.0. The summed E-state index contributed by atoms with van der Waals surface area (Å²) in [6, 6.07) is 8.95. The lowest BCUT2D eigenvalue weighted by atomic mass is 9.96. The van der Waals surface area contributed by atoms with Gasteiger partial charge in [-0.25, -0.2) is 0 Å². The SMILES string of the molecule is Cc1cc(C(C)(O)CNC(=O)Cc2cccc(Cl)c2)c(C)o1. The van der Waals surface area contributed by atoms with Crippen molar-refractivity contribution < 1.29 is 14.3 Å². The van der Waals surface area contributed by atoms with Gasteiger partial charge in [-0.2, -0.15) is 0 Å². The van der Waals surface area contributed by atoms with Gasteiger partial charge in [-0.1, -0.05) is 23.7 Å². The molecule has 22 heavy (non-hydrogen) atoms. The molecule has 0 fully saturated rings. The molecule has 1 aromatic carbocycles. The van der Waals surface area contributed by atoms with Crippen LogP contribution in [0.3, 0.4) is 0 Å². The third-order valence-electron chi connectivity index (χ3n) is 3.50. The van der Waals surface area contributed by atoms with Crippen LogP contribution in [0.15, 0.2) is 34.7 Å². The Hall–Kier alpha value is -1.78. The Morgan fingerprint density at radius 3 is 2.68 bits per heavy atom. The Kier molecular flexibility index (Phi) is 4.94. The highest BCUT2D eigenvalue weighted by Crippen LogP contribution is 2.26. The van der Waals surface area contributed by atoms with E-state index >= 15 is 0 Å². The molecule has 0 radical (unpaired) electrons. The van der Waals surface area contributed by atoms with E-state index in [-0.39, 0.29) is 18.9 Å². The first kappa shape index (κ1) is 16.6. The molecule has 0 saturated carbocycles. The molecule has 5 heteroatoms. The number of benzene rings is 1. The van der Waals surface area contributed by atoms with Gasteiger partial charge in [0.25, 0.3) is 0 Å². The first-order chi connectivity index (χ1) is 10.3. The summed E-state index contributed by atoms with van der Waals surface area (Å²) in [6.07, 6.45) is 0.222. The van der Waals surface area contributed by atoms with E-state index in [1.807, 2.05) is 13.0 Å². The second kappa shape index (κ2) is 6.55. The molecule has 1 atom stereocenters. The van der Waals surface area contributed by atoms with Gasteiger partial charge in [0.1, 0.15) is 17.1 Å². The number of amides is 1. The van der Waals surface area contributed by atoms with Crippen LogP contribution in [0.4, 0.5) is 0 Å². The molecule has 4 nitrogen and oxygen atoms in total. The normalized spacial score (nSPS) is 13.7. The Morgan fingerprint density at radius 2 is 2.09 bits per heavy atom. The smallest absolute Gasteiger partial charge is 0.224 e. The van der Waals surface area contributed by atoms with Crippen LogP contribution in [0, 0.1) is 13.8 Å². The second-order valence-electron chi connectivity index (χ2n) is 5.68. The molecule has 0 aliphatic carbocycles. The Bertz CT molecular complexity index is 676. The minimum Gasteiger partial charge on any atom is -0.466 e. The van der Waals surface area contributed by atoms with Crippen molar-refractivity contribution in [2.24, 2.45) is 0 Å². The summed E-state index contributed by atoms with van der Waals surface area (Å²) in [5.74, 6) is 1.23. The highest BCUT2D eigenvalue weighted by Gasteiger charge is 2.28. The molecular formula is C17H20ClNO3. The number of furan rings is 1. The van der Waals surface area contributed by atoms with E-state index < -0.39 is 5.60 Å². The molecule has 0 spiro atoms. The van der Waals surface area contributed by atoms with E-state index in [1.165, 1.54) is 0 Å². The number of aliphatic hydroxyl groups is 1. The first-order valence-corrected chi connectivity index (χ1v) is 7.47. The topological polar surface area (TPSA) is 62.5 Å². The van der Waals surface area contributed by atoms with Gasteiger partial charge < -0.3 is 14.8 Å². The van der Waals surface area contributed by atoms with Crippen LogP contribution in [-0.2, 0) is 16.8 Å². The summed E-state index contributed by atoms with van der Waals surface area (Å²) >= 11 is 5.90. The molecule has 118 valence electrons. The average molecular weight is 322 g/mol. The van der Waals surface area contributed by atoms with Crippen molar-refractivity contribution in [3.63, 3.8) is 0 Å². The van der Waals surface area contributed by atoms with Crippen molar-refractivity contribution in [1.82, 2.24) is 5.32 Å². The predicted molar refractivity (Wildman–Crippen MR) is 85.9 cm³/mol. The molecule has 1 heterocycles. The quantitative estimate of drug-likeness (QED) is 0.889. The molecule has 0 saturated heterocycles. The number of hydrogen-bond acceptors (Lipinski definition) is 3. The Labute approximate surface area is 135 Å². The summed E-state index contributed by atoms with van der Waals surface area (Å²) in [5.41, 5.74) is 0.347. The molecule has 0 aliphatic rings. The van der Waals surface area contributed by atoms with Crippen molar-refractivity contribution in [3.8, 4) is 0 Å². The largest absolute Gasteiger partial charge is 0.466 e. The lowest BCUT2D eigenvalue weighted by molar-refractivity contribution is -0.121. The van der Waals surface area contributed by atoms with Crippen LogP contribution in [0.25, 0.3) is 0 Å². The number of aryl methyl sites for hydroxylation is 2. The third kappa shape index (κ3) is 4.12. The highest BCUT2D eigenvalue weighted by atomic mass is 35.5. The molecule has 2 rings (SSSR count). The molecule has 2 aromatic rings. The van der Waals surface area contributed by atoms with Crippen molar-refractivity contribution >= 4 is 17.5 Å². The lowest BCUT2D eigenvalue weighted by Gasteiger charge is -2.23. The monoisotopic (exact) mass is 321 g/mol. The molecule has 1 unspecified atom stereocenters. The minimum atomic E-state index is -1.17.